The van der Waals surface area contributed by atoms with Crippen LogP contribution >= 0.6 is 0 Å². The summed E-state index contributed by atoms with van der Waals surface area (Å²) in [6.07, 6.45) is 5.21. The van der Waals surface area contributed by atoms with Crippen molar-refractivity contribution in [3.05, 3.63) is 35.4 Å². The van der Waals surface area contributed by atoms with Gasteiger partial charge < -0.3 is 5.11 Å². The molecule has 1 N–H and O–H groups in total. The Morgan fingerprint density at radius 1 is 1.21 bits per heavy atom. The maximum atomic E-state index is 9.43. The van der Waals surface area contributed by atoms with Crippen LogP contribution in [0.1, 0.15) is 44.2 Å². The maximum absolute atomic E-state index is 9.43. The second-order valence-electron chi connectivity index (χ2n) is 5.93. The Balaban J connectivity index is 1.96. The minimum absolute atomic E-state index is 0.250. The van der Waals surface area contributed by atoms with Crippen LogP contribution in [-0.4, -0.2) is 29.2 Å². The lowest BCUT2D eigenvalue weighted by Gasteiger charge is -2.35. The van der Waals surface area contributed by atoms with Gasteiger partial charge >= 0.3 is 0 Å². The van der Waals surface area contributed by atoms with Crippen molar-refractivity contribution in [2.45, 2.75) is 52.1 Å². The molecule has 0 bridgehead atoms. The van der Waals surface area contributed by atoms with Crippen molar-refractivity contribution >= 4 is 0 Å². The average Bonchev–Trinajstić information content (AvgIpc) is 2.41. The fourth-order valence-corrected chi connectivity index (χ4v) is 2.64. The SMILES string of the molecule is CCc1ccc(CN(CC2CCC2)[C@H](C)CO)cc1. The minimum atomic E-state index is 0.250. The van der Waals surface area contributed by atoms with Crippen molar-refractivity contribution in [2.75, 3.05) is 13.2 Å². The molecule has 1 aliphatic rings. The Labute approximate surface area is 117 Å². The molecule has 1 atom stereocenters. The topological polar surface area (TPSA) is 23.5 Å². The molecule has 19 heavy (non-hydrogen) atoms. The van der Waals surface area contributed by atoms with Crippen LogP contribution in [0, 0.1) is 5.92 Å². The van der Waals surface area contributed by atoms with E-state index in [1.807, 2.05) is 0 Å². The first-order chi connectivity index (χ1) is 9.22. The molecule has 1 aliphatic carbocycles. The number of aryl methyl sites for hydroxylation is 1. The molecule has 0 radical (unpaired) electrons. The number of hydrogen-bond acceptors (Lipinski definition) is 2. The van der Waals surface area contributed by atoms with Crippen molar-refractivity contribution in [1.82, 2.24) is 4.90 Å². The van der Waals surface area contributed by atoms with Crippen LogP contribution in [-0.2, 0) is 13.0 Å². The summed E-state index contributed by atoms with van der Waals surface area (Å²) in [6, 6.07) is 9.17. The van der Waals surface area contributed by atoms with E-state index < -0.39 is 0 Å². The van der Waals surface area contributed by atoms with E-state index in [1.165, 1.54) is 30.4 Å². The van der Waals surface area contributed by atoms with Gasteiger partial charge in [0.15, 0.2) is 0 Å². The van der Waals surface area contributed by atoms with Crippen LogP contribution in [0.4, 0.5) is 0 Å². The quantitative estimate of drug-likeness (QED) is 0.814. The fraction of sp³-hybridized carbons (Fsp3) is 0.647. The molecule has 2 rings (SSSR count). The van der Waals surface area contributed by atoms with E-state index in [1.54, 1.807) is 0 Å². The van der Waals surface area contributed by atoms with Crippen LogP contribution < -0.4 is 0 Å². The van der Waals surface area contributed by atoms with Crippen molar-refractivity contribution in [3.8, 4) is 0 Å². The van der Waals surface area contributed by atoms with E-state index in [0.29, 0.717) is 0 Å². The molecule has 0 aliphatic heterocycles. The van der Waals surface area contributed by atoms with Gasteiger partial charge in [0.2, 0.25) is 0 Å². The van der Waals surface area contributed by atoms with Gasteiger partial charge in [0.05, 0.1) is 6.61 Å². The molecule has 0 aromatic heterocycles. The summed E-state index contributed by atoms with van der Waals surface area (Å²) in [5.74, 6) is 0.851. The molecule has 0 unspecified atom stereocenters. The highest BCUT2D eigenvalue weighted by Gasteiger charge is 2.23. The van der Waals surface area contributed by atoms with Crippen molar-refractivity contribution in [1.29, 1.82) is 0 Å². The highest BCUT2D eigenvalue weighted by Crippen LogP contribution is 2.28. The molecule has 0 amide bonds. The van der Waals surface area contributed by atoms with Crippen molar-refractivity contribution in [3.63, 3.8) is 0 Å². The zero-order valence-electron chi connectivity index (χ0n) is 12.3. The standard InChI is InChI=1S/C17H27NO/c1-3-15-7-9-17(10-8-15)12-18(14(2)13-19)11-16-5-4-6-16/h7-10,14,16,19H,3-6,11-13H2,1-2H3/t14-/m1/s1. The lowest BCUT2D eigenvalue weighted by molar-refractivity contribution is 0.0918. The molecule has 106 valence electrons. The second-order valence-corrected chi connectivity index (χ2v) is 5.93. The number of nitrogens with zero attached hydrogens (tertiary/aromatic N) is 1. The van der Waals surface area contributed by atoms with Gasteiger partial charge in [-0.15, -0.1) is 0 Å². The monoisotopic (exact) mass is 261 g/mol. The summed E-state index contributed by atoms with van der Waals surface area (Å²) in [5, 5.41) is 9.43. The third-order valence-electron chi connectivity index (χ3n) is 4.42. The molecule has 1 aromatic carbocycles. The number of rotatable bonds is 7. The van der Waals surface area contributed by atoms with Crippen molar-refractivity contribution in [2.24, 2.45) is 5.92 Å². The summed E-state index contributed by atoms with van der Waals surface area (Å²) in [7, 11) is 0. The number of benzene rings is 1. The minimum Gasteiger partial charge on any atom is -0.395 e. The lowest BCUT2D eigenvalue weighted by Crippen LogP contribution is -2.40. The van der Waals surface area contributed by atoms with Crippen LogP contribution in [0.15, 0.2) is 24.3 Å². The number of aliphatic hydroxyl groups is 1. The smallest absolute Gasteiger partial charge is 0.0584 e. The Kier molecular flexibility index (Phi) is 5.41. The first kappa shape index (κ1) is 14.5. The zero-order chi connectivity index (χ0) is 13.7. The predicted molar refractivity (Wildman–Crippen MR) is 80.1 cm³/mol. The molecule has 2 heteroatoms. The Morgan fingerprint density at radius 3 is 2.32 bits per heavy atom. The molecule has 1 aromatic rings. The number of hydrogen-bond donors (Lipinski definition) is 1. The van der Waals surface area contributed by atoms with Gasteiger partial charge in [-0.2, -0.15) is 0 Å². The molecule has 1 fully saturated rings. The third kappa shape index (κ3) is 4.05. The number of aliphatic hydroxyl groups excluding tert-OH is 1. The second kappa shape index (κ2) is 7.06. The first-order valence-corrected chi connectivity index (χ1v) is 7.65. The van der Waals surface area contributed by atoms with Crippen LogP contribution in [0.3, 0.4) is 0 Å². The van der Waals surface area contributed by atoms with Gasteiger partial charge in [-0.05, 0) is 43.2 Å². The van der Waals surface area contributed by atoms with Crippen LogP contribution in [0.2, 0.25) is 0 Å². The van der Waals surface area contributed by atoms with Gasteiger partial charge in [-0.1, -0.05) is 37.6 Å². The normalized spacial score (nSPS) is 17.5. The van der Waals surface area contributed by atoms with Gasteiger partial charge in [0, 0.05) is 19.1 Å². The zero-order valence-corrected chi connectivity index (χ0v) is 12.3. The van der Waals surface area contributed by atoms with E-state index in [2.05, 4.69) is 43.0 Å². The predicted octanol–water partition coefficient (Wildman–Crippen LogP) is 3.23. The fourth-order valence-electron chi connectivity index (χ4n) is 2.64. The van der Waals surface area contributed by atoms with Gasteiger partial charge in [-0.25, -0.2) is 0 Å². The third-order valence-corrected chi connectivity index (χ3v) is 4.42. The molecule has 2 nitrogen and oxygen atoms in total. The molecule has 0 spiro atoms. The molecular formula is C17H27NO. The van der Waals surface area contributed by atoms with Crippen LogP contribution in [0.5, 0.6) is 0 Å². The van der Waals surface area contributed by atoms with Gasteiger partial charge in [-0.3, -0.25) is 4.90 Å². The summed E-state index contributed by atoms with van der Waals surface area (Å²) in [5.41, 5.74) is 2.75. The summed E-state index contributed by atoms with van der Waals surface area (Å²) >= 11 is 0. The highest BCUT2D eigenvalue weighted by molar-refractivity contribution is 5.22. The van der Waals surface area contributed by atoms with Crippen molar-refractivity contribution < 1.29 is 5.11 Å². The molecular weight excluding hydrogens is 234 g/mol. The summed E-state index contributed by atoms with van der Waals surface area (Å²) in [4.78, 5) is 2.44. The molecule has 1 saturated carbocycles. The lowest BCUT2D eigenvalue weighted by atomic mass is 9.85. The van der Waals surface area contributed by atoms with E-state index in [-0.39, 0.29) is 12.6 Å². The average molecular weight is 261 g/mol. The van der Waals surface area contributed by atoms with E-state index in [4.69, 9.17) is 0 Å². The van der Waals surface area contributed by atoms with Gasteiger partial charge in [0.1, 0.15) is 0 Å². The Bertz CT molecular complexity index is 369. The summed E-state index contributed by atoms with van der Waals surface area (Å²) in [6.45, 7) is 6.66. The first-order valence-electron chi connectivity index (χ1n) is 7.65. The maximum Gasteiger partial charge on any atom is 0.0584 e. The van der Waals surface area contributed by atoms with E-state index >= 15 is 0 Å². The van der Waals surface area contributed by atoms with Gasteiger partial charge in [0.25, 0.3) is 0 Å². The Morgan fingerprint density at radius 2 is 1.84 bits per heavy atom. The molecule has 0 saturated heterocycles. The summed E-state index contributed by atoms with van der Waals surface area (Å²) < 4.78 is 0. The van der Waals surface area contributed by atoms with E-state index in [9.17, 15) is 5.11 Å². The largest absolute Gasteiger partial charge is 0.395 e. The van der Waals surface area contributed by atoms with E-state index in [0.717, 1.165) is 25.4 Å². The highest BCUT2D eigenvalue weighted by atomic mass is 16.3. The molecule has 0 heterocycles. The van der Waals surface area contributed by atoms with Crippen LogP contribution in [0.25, 0.3) is 0 Å². The Hall–Kier alpha value is -0.860.